The minimum Gasteiger partial charge on any atom is -0.298 e. The molecule has 0 amide bonds. The number of carbonyl (C=O) groups is 1. The molecule has 1 unspecified atom stereocenters. The number of carbonyl (C=O) groups excluding carboxylic acids is 1. The van der Waals surface area contributed by atoms with Gasteiger partial charge < -0.3 is 0 Å². The molecule has 0 spiro atoms. The second-order valence-corrected chi connectivity index (χ2v) is 5.75. The quantitative estimate of drug-likeness (QED) is 0.501. The van der Waals surface area contributed by atoms with Crippen molar-refractivity contribution in [1.82, 2.24) is 0 Å². The third-order valence-electron chi connectivity index (χ3n) is 4.54. The van der Waals surface area contributed by atoms with Gasteiger partial charge >= 0.3 is 0 Å². The SMILES string of the molecule is CC/C(C=O)=C\CC1(C)CCCC1(C)C. The molecule has 0 bridgehead atoms. The zero-order chi connectivity index (χ0) is 11.5. The number of rotatable bonds is 4. The molecule has 0 aromatic rings. The van der Waals surface area contributed by atoms with Crippen molar-refractivity contribution in [3.8, 4) is 0 Å². The number of aldehydes is 1. The predicted octanol–water partition coefficient (Wildman–Crippen LogP) is 4.13. The maximum atomic E-state index is 10.7. The average molecular weight is 208 g/mol. The molecule has 86 valence electrons. The molecule has 1 nitrogen and oxygen atoms in total. The summed E-state index contributed by atoms with van der Waals surface area (Å²) < 4.78 is 0. The number of hydrogen-bond donors (Lipinski definition) is 0. The van der Waals surface area contributed by atoms with Crippen LogP contribution in [0.25, 0.3) is 0 Å². The summed E-state index contributed by atoms with van der Waals surface area (Å²) >= 11 is 0. The largest absolute Gasteiger partial charge is 0.298 e. The summed E-state index contributed by atoms with van der Waals surface area (Å²) in [5, 5.41) is 0. The van der Waals surface area contributed by atoms with Crippen molar-refractivity contribution < 1.29 is 4.79 Å². The molecule has 15 heavy (non-hydrogen) atoms. The van der Waals surface area contributed by atoms with Crippen LogP contribution in [-0.2, 0) is 4.79 Å². The van der Waals surface area contributed by atoms with Crippen LogP contribution >= 0.6 is 0 Å². The van der Waals surface area contributed by atoms with Crippen molar-refractivity contribution in [1.29, 1.82) is 0 Å². The van der Waals surface area contributed by atoms with Crippen molar-refractivity contribution in [2.45, 2.75) is 59.8 Å². The van der Waals surface area contributed by atoms with E-state index in [1.54, 1.807) is 0 Å². The first kappa shape index (κ1) is 12.5. The van der Waals surface area contributed by atoms with E-state index < -0.39 is 0 Å². The Balaban J connectivity index is 2.72. The van der Waals surface area contributed by atoms with Crippen molar-refractivity contribution in [3.63, 3.8) is 0 Å². The average Bonchev–Trinajstić information content (AvgIpc) is 2.43. The zero-order valence-corrected chi connectivity index (χ0v) is 10.6. The molecular weight excluding hydrogens is 184 g/mol. The highest BCUT2D eigenvalue weighted by Gasteiger charge is 2.43. The molecule has 0 heterocycles. The third kappa shape index (κ3) is 2.50. The molecule has 0 radical (unpaired) electrons. The Kier molecular flexibility index (Phi) is 3.75. The highest BCUT2D eigenvalue weighted by Crippen LogP contribution is 2.54. The van der Waals surface area contributed by atoms with Gasteiger partial charge in [0.2, 0.25) is 0 Å². The van der Waals surface area contributed by atoms with Crippen LogP contribution in [0.1, 0.15) is 59.8 Å². The second kappa shape index (κ2) is 4.51. The van der Waals surface area contributed by atoms with Gasteiger partial charge in [-0.1, -0.05) is 40.2 Å². The van der Waals surface area contributed by atoms with Crippen molar-refractivity contribution >= 4 is 6.29 Å². The van der Waals surface area contributed by atoms with Gasteiger partial charge in [-0.2, -0.15) is 0 Å². The van der Waals surface area contributed by atoms with Gasteiger partial charge in [0, 0.05) is 0 Å². The molecule has 1 saturated carbocycles. The normalized spacial score (nSPS) is 30.5. The molecule has 0 aliphatic heterocycles. The zero-order valence-electron chi connectivity index (χ0n) is 10.6. The maximum Gasteiger partial charge on any atom is 0.145 e. The number of allylic oxidation sites excluding steroid dienone is 2. The van der Waals surface area contributed by atoms with E-state index in [2.05, 4.69) is 26.8 Å². The first-order valence-electron chi connectivity index (χ1n) is 6.09. The standard InChI is InChI=1S/C14H24O/c1-5-12(11-15)7-10-14(4)9-6-8-13(14,2)3/h7,11H,5-6,8-10H2,1-4H3/b12-7+. The molecule has 1 atom stereocenters. The highest BCUT2D eigenvalue weighted by atomic mass is 16.1. The van der Waals surface area contributed by atoms with Crippen LogP contribution < -0.4 is 0 Å². The van der Waals surface area contributed by atoms with E-state index in [0.717, 1.165) is 24.7 Å². The number of hydrogen-bond acceptors (Lipinski definition) is 1. The lowest BCUT2D eigenvalue weighted by molar-refractivity contribution is -0.105. The van der Waals surface area contributed by atoms with E-state index in [4.69, 9.17) is 0 Å². The Bertz CT molecular complexity index is 263. The summed E-state index contributed by atoms with van der Waals surface area (Å²) in [6.45, 7) is 9.14. The molecule has 0 aromatic carbocycles. The van der Waals surface area contributed by atoms with Gasteiger partial charge in [-0.05, 0) is 42.1 Å². The molecule has 1 aliphatic rings. The Labute approximate surface area is 93.9 Å². The summed E-state index contributed by atoms with van der Waals surface area (Å²) in [6, 6.07) is 0. The van der Waals surface area contributed by atoms with E-state index >= 15 is 0 Å². The fourth-order valence-corrected chi connectivity index (χ4v) is 2.57. The fourth-order valence-electron chi connectivity index (χ4n) is 2.57. The minimum absolute atomic E-state index is 0.385. The Morgan fingerprint density at radius 1 is 1.27 bits per heavy atom. The fraction of sp³-hybridized carbons (Fsp3) is 0.786. The van der Waals surface area contributed by atoms with Crippen LogP contribution in [0.4, 0.5) is 0 Å². The summed E-state index contributed by atoms with van der Waals surface area (Å²) in [5.41, 5.74) is 1.76. The summed E-state index contributed by atoms with van der Waals surface area (Å²) in [4.78, 5) is 10.7. The van der Waals surface area contributed by atoms with Gasteiger partial charge in [0.15, 0.2) is 0 Å². The third-order valence-corrected chi connectivity index (χ3v) is 4.54. The van der Waals surface area contributed by atoms with Crippen molar-refractivity contribution in [2.24, 2.45) is 10.8 Å². The molecule has 1 rings (SSSR count). The van der Waals surface area contributed by atoms with Crippen molar-refractivity contribution in [2.75, 3.05) is 0 Å². The van der Waals surface area contributed by atoms with Gasteiger partial charge in [0.25, 0.3) is 0 Å². The Morgan fingerprint density at radius 2 is 1.93 bits per heavy atom. The van der Waals surface area contributed by atoms with Gasteiger partial charge in [0.1, 0.15) is 6.29 Å². The van der Waals surface area contributed by atoms with E-state index in [-0.39, 0.29) is 0 Å². The summed E-state index contributed by atoms with van der Waals surface area (Å²) in [5.74, 6) is 0. The van der Waals surface area contributed by atoms with E-state index in [0.29, 0.717) is 10.8 Å². The first-order chi connectivity index (χ1) is 6.95. The van der Waals surface area contributed by atoms with E-state index in [9.17, 15) is 4.79 Å². The first-order valence-corrected chi connectivity index (χ1v) is 6.09. The van der Waals surface area contributed by atoms with Crippen LogP contribution in [0.3, 0.4) is 0 Å². The molecule has 0 saturated heterocycles. The molecule has 1 aliphatic carbocycles. The molecule has 1 fully saturated rings. The van der Waals surface area contributed by atoms with Crippen LogP contribution in [-0.4, -0.2) is 6.29 Å². The van der Waals surface area contributed by atoms with Crippen LogP contribution in [0.2, 0.25) is 0 Å². The molecular formula is C14H24O. The lowest BCUT2D eigenvalue weighted by atomic mass is 9.67. The van der Waals surface area contributed by atoms with Gasteiger partial charge in [-0.15, -0.1) is 0 Å². The maximum absolute atomic E-state index is 10.7. The Morgan fingerprint density at radius 3 is 2.33 bits per heavy atom. The lowest BCUT2D eigenvalue weighted by Crippen LogP contribution is -2.29. The highest BCUT2D eigenvalue weighted by molar-refractivity contribution is 5.72. The van der Waals surface area contributed by atoms with E-state index in [1.807, 2.05) is 6.92 Å². The van der Waals surface area contributed by atoms with Gasteiger partial charge in [-0.3, -0.25) is 4.79 Å². The minimum atomic E-state index is 0.385. The molecule has 0 N–H and O–H groups in total. The predicted molar refractivity (Wildman–Crippen MR) is 64.8 cm³/mol. The van der Waals surface area contributed by atoms with Gasteiger partial charge in [0.05, 0.1) is 0 Å². The smallest absolute Gasteiger partial charge is 0.145 e. The monoisotopic (exact) mass is 208 g/mol. The lowest BCUT2D eigenvalue weighted by Gasteiger charge is -2.38. The van der Waals surface area contributed by atoms with Crippen LogP contribution in [0.5, 0.6) is 0 Å². The van der Waals surface area contributed by atoms with Crippen LogP contribution in [0.15, 0.2) is 11.6 Å². The topological polar surface area (TPSA) is 17.1 Å². The van der Waals surface area contributed by atoms with E-state index in [1.165, 1.54) is 19.3 Å². The summed E-state index contributed by atoms with van der Waals surface area (Å²) in [7, 11) is 0. The molecule has 1 heteroatoms. The summed E-state index contributed by atoms with van der Waals surface area (Å²) in [6.07, 6.45) is 9.03. The molecule has 0 aromatic heterocycles. The van der Waals surface area contributed by atoms with Crippen LogP contribution in [0, 0.1) is 10.8 Å². The second-order valence-electron chi connectivity index (χ2n) is 5.75. The Hall–Kier alpha value is -0.590. The van der Waals surface area contributed by atoms with Crippen molar-refractivity contribution in [3.05, 3.63) is 11.6 Å². The van der Waals surface area contributed by atoms with Gasteiger partial charge in [-0.25, -0.2) is 0 Å².